The molecule has 50 heavy (non-hydrogen) atoms. The zero-order valence-corrected chi connectivity index (χ0v) is 29.8. The molecular formula is C36H52F3N5O6. The first-order valence-electron chi connectivity index (χ1n) is 17.1. The molecule has 0 aromatic heterocycles. The Kier molecular flexibility index (Phi) is 14.0. The highest BCUT2D eigenvalue weighted by atomic mass is 19.4. The second-order valence-corrected chi connectivity index (χ2v) is 14.7. The fourth-order valence-corrected chi connectivity index (χ4v) is 6.75. The van der Waals surface area contributed by atoms with Crippen LogP contribution in [0.25, 0.3) is 0 Å². The number of Topliss-reactive ketones (excluding diaryl/α,β-unsaturated/α-hetero) is 1. The minimum absolute atomic E-state index is 0.0974. The van der Waals surface area contributed by atoms with Crippen LogP contribution < -0.4 is 21.3 Å². The second kappa shape index (κ2) is 17.3. The molecule has 4 N–H and O–H groups in total. The molecule has 1 unspecified atom stereocenters. The van der Waals surface area contributed by atoms with E-state index in [4.69, 9.17) is 4.74 Å². The van der Waals surface area contributed by atoms with Crippen molar-refractivity contribution in [1.82, 2.24) is 26.2 Å². The number of carbonyl (C=O) groups excluding carboxylic acids is 5. The molecule has 3 rings (SSSR count). The van der Waals surface area contributed by atoms with E-state index in [1.807, 2.05) is 58.9 Å². The zero-order valence-electron chi connectivity index (χ0n) is 29.8. The summed E-state index contributed by atoms with van der Waals surface area (Å²) in [5.74, 6) is -4.62. The number of nitrogens with one attached hydrogen (secondary N) is 4. The molecule has 5 atom stereocenters. The van der Waals surface area contributed by atoms with Gasteiger partial charge >= 0.3 is 12.2 Å². The van der Waals surface area contributed by atoms with Gasteiger partial charge in [0, 0.05) is 26.6 Å². The molecule has 2 aliphatic rings. The first kappa shape index (κ1) is 40.5. The van der Waals surface area contributed by atoms with E-state index in [0.717, 1.165) is 11.1 Å². The number of halogens is 3. The minimum Gasteiger partial charge on any atom is -0.383 e. The smallest absolute Gasteiger partial charge is 0.383 e. The van der Waals surface area contributed by atoms with Crippen molar-refractivity contribution < 1.29 is 41.9 Å². The molecule has 0 spiro atoms. The van der Waals surface area contributed by atoms with Crippen LogP contribution >= 0.6 is 0 Å². The van der Waals surface area contributed by atoms with Crippen molar-refractivity contribution in [3.05, 3.63) is 48.0 Å². The van der Waals surface area contributed by atoms with Gasteiger partial charge < -0.3 is 30.9 Å². The van der Waals surface area contributed by atoms with Crippen molar-refractivity contribution >= 4 is 29.5 Å². The molecule has 1 aromatic rings. The number of methoxy groups -OCH3 is 1. The third-order valence-electron chi connectivity index (χ3n) is 9.62. The van der Waals surface area contributed by atoms with E-state index in [-0.39, 0.29) is 36.9 Å². The predicted molar refractivity (Wildman–Crippen MR) is 182 cm³/mol. The average Bonchev–Trinajstić information content (AvgIpc) is 3.68. The van der Waals surface area contributed by atoms with E-state index >= 15 is 0 Å². The molecule has 278 valence electrons. The largest absolute Gasteiger partial charge is 0.389 e. The number of hydrogen-bond acceptors (Lipinski definition) is 6. The number of amides is 5. The van der Waals surface area contributed by atoms with Crippen LogP contribution in [0.5, 0.6) is 0 Å². The molecule has 1 saturated heterocycles. The van der Waals surface area contributed by atoms with Gasteiger partial charge in [-0.2, -0.15) is 13.2 Å². The number of alkyl halides is 3. The van der Waals surface area contributed by atoms with Gasteiger partial charge in [0.05, 0.1) is 18.7 Å². The maximum absolute atomic E-state index is 14.6. The Balaban J connectivity index is 1.94. The quantitative estimate of drug-likeness (QED) is 0.162. The molecule has 5 amide bonds. The molecule has 1 heterocycles. The maximum atomic E-state index is 14.6. The van der Waals surface area contributed by atoms with Gasteiger partial charge in [-0.3, -0.25) is 19.2 Å². The Bertz CT molecular complexity index is 1370. The summed E-state index contributed by atoms with van der Waals surface area (Å²) in [5, 5.41) is 10.5. The summed E-state index contributed by atoms with van der Waals surface area (Å²) in [6.07, 6.45) is -4.21. The fraction of sp³-hybridized carbons (Fsp3) is 0.639. The lowest BCUT2D eigenvalue weighted by Crippen LogP contribution is -2.61. The monoisotopic (exact) mass is 707 g/mol. The number of urea groups is 1. The minimum atomic E-state index is -4.65. The number of hydrogen-bond donors (Lipinski definition) is 4. The Hall–Kier alpha value is -3.94. The SMILES string of the molecule is C=CCNC(=O)C(=O)C(CCC(F)(F)F)NC(=O)[C@@H]1[C@@H](C(C)C)CCN1C(=O)[C@@H](NC(=O)N[C@H](COC)C(C)(C)C)C1Cc2ccccc2C1. The molecule has 14 heteroatoms. The third-order valence-corrected chi connectivity index (χ3v) is 9.62. The van der Waals surface area contributed by atoms with Gasteiger partial charge in [-0.05, 0) is 60.0 Å². The number of ketones is 1. The normalized spacial score (nSPS) is 19.7. The number of benzene rings is 1. The van der Waals surface area contributed by atoms with Crippen LogP contribution in [-0.4, -0.2) is 91.6 Å². The molecule has 1 aliphatic heterocycles. The molecule has 0 radical (unpaired) electrons. The lowest BCUT2D eigenvalue weighted by molar-refractivity contribution is -0.147. The van der Waals surface area contributed by atoms with Crippen molar-refractivity contribution in [2.75, 3.05) is 26.8 Å². The molecule has 1 fully saturated rings. The summed E-state index contributed by atoms with van der Waals surface area (Å²) in [5.41, 5.74) is 1.71. The summed E-state index contributed by atoms with van der Waals surface area (Å²) in [6, 6.07) is 2.77. The summed E-state index contributed by atoms with van der Waals surface area (Å²) >= 11 is 0. The summed E-state index contributed by atoms with van der Waals surface area (Å²) in [4.78, 5) is 69.0. The van der Waals surface area contributed by atoms with Crippen LogP contribution in [0.2, 0.25) is 0 Å². The van der Waals surface area contributed by atoms with E-state index in [9.17, 15) is 37.1 Å². The van der Waals surface area contributed by atoms with Gasteiger partial charge in [0.25, 0.3) is 5.91 Å². The van der Waals surface area contributed by atoms with Crippen LogP contribution in [0.15, 0.2) is 36.9 Å². The van der Waals surface area contributed by atoms with Crippen LogP contribution in [0.4, 0.5) is 18.0 Å². The van der Waals surface area contributed by atoms with Gasteiger partial charge in [-0.25, -0.2) is 4.79 Å². The Morgan fingerprint density at radius 2 is 1.64 bits per heavy atom. The van der Waals surface area contributed by atoms with Crippen LogP contribution in [0.3, 0.4) is 0 Å². The lowest BCUT2D eigenvalue weighted by atomic mass is 9.87. The van der Waals surface area contributed by atoms with E-state index < -0.39 is 78.6 Å². The van der Waals surface area contributed by atoms with Gasteiger partial charge in [0.2, 0.25) is 17.6 Å². The van der Waals surface area contributed by atoms with Crippen LogP contribution in [0.1, 0.15) is 65.0 Å². The first-order valence-corrected chi connectivity index (χ1v) is 17.1. The molecule has 1 aliphatic carbocycles. The van der Waals surface area contributed by atoms with E-state index in [1.165, 1.54) is 18.1 Å². The summed E-state index contributed by atoms with van der Waals surface area (Å²) in [6.45, 7) is 13.3. The van der Waals surface area contributed by atoms with E-state index in [1.54, 1.807) is 0 Å². The number of fused-ring (bicyclic) bond motifs is 1. The van der Waals surface area contributed by atoms with Crippen LogP contribution in [0, 0.1) is 23.2 Å². The number of rotatable bonds is 15. The van der Waals surface area contributed by atoms with Gasteiger partial charge in [-0.1, -0.05) is 65.0 Å². The van der Waals surface area contributed by atoms with Gasteiger partial charge in [-0.15, -0.1) is 6.58 Å². The van der Waals surface area contributed by atoms with Crippen molar-refractivity contribution in [1.29, 1.82) is 0 Å². The summed E-state index contributed by atoms with van der Waals surface area (Å²) in [7, 11) is 1.53. The number of likely N-dealkylation sites (tertiary alicyclic amines) is 1. The zero-order chi connectivity index (χ0) is 37.4. The number of nitrogens with zero attached hydrogens (tertiary/aromatic N) is 1. The molecule has 0 bridgehead atoms. The Morgan fingerprint density at radius 1 is 1.02 bits per heavy atom. The van der Waals surface area contributed by atoms with Crippen LogP contribution in [-0.2, 0) is 36.8 Å². The fourth-order valence-electron chi connectivity index (χ4n) is 6.75. The molecular weight excluding hydrogens is 655 g/mol. The Morgan fingerprint density at radius 3 is 2.16 bits per heavy atom. The standard InChI is InChI=1S/C36H52F3N5O6/c1-8-16-40-32(47)30(45)26(13-15-36(37,38)39)41-31(46)29-25(21(2)3)14-17-44(29)33(48)28(24-18-22-11-9-10-12-23(22)19-24)43-34(49)42-27(20-50-7)35(4,5)6/h8-12,21,24-29H,1,13-20H2,2-7H3,(H,40,47)(H,41,46)(H2,42,43,49)/t25-,26?,27-,28+,29+/m1/s1. The second-order valence-electron chi connectivity index (χ2n) is 14.7. The van der Waals surface area contributed by atoms with Crippen molar-refractivity contribution in [2.45, 2.75) is 97.1 Å². The lowest BCUT2D eigenvalue weighted by Gasteiger charge is -2.35. The molecule has 0 saturated carbocycles. The van der Waals surface area contributed by atoms with Crippen molar-refractivity contribution in [3.8, 4) is 0 Å². The number of carbonyl (C=O) groups is 5. The highest BCUT2D eigenvalue weighted by molar-refractivity contribution is 6.38. The summed E-state index contributed by atoms with van der Waals surface area (Å²) < 4.78 is 45.1. The predicted octanol–water partition coefficient (Wildman–Crippen LogP) is 3.70. The average molecular weight is 708 g/mol. The maximum Gasteiger partial charge on any atom is 0.389 e. The molecule has 11 nitrogen and oxygen atoms in total. The topological polar surface area (TPSA) is 146 Å². The van der Waals surface area contributed by atoms with E-state index in [2.05, 4.69) is 27.8 Å². The van der Waals surface area contributed by atoms with Crippen molar-refractivity contribution in [3.63, 3.8) is 0 Å². The first-order chi connectivity index (χ1) is 23.4. The molecule has 1 aromatic carbocycles. The number of ether oxygens (including phenoxy) is 1. The highest BCUT2D eigenvalue weighted by Gasteiger charge is 2.48. The van der Waals surface area contributed by atoms with Gasteiger partial charge in [0.1, 0.15) is 12.1 Å². The van der Waals surface area contributed by atoms with Crippen molar-refractivity contribution in [2.24, 2.45) is 23.2 Å². The van der Waals surface area contributed by atoms with Gasteiger partial charge in [0.15, 0.2) is 0 Å². The highest BCUT2D eigenvalue weighted by Crippen LogP contribution is 2.35. The third kappa shape index (κ3) is 10.8. The van der Waals surface area contributed by atoms with E-state index in [0.29, 0.717) is 19.3 Å². The Labute approximate surface area is 292 Å².